The van der Waals surface area contributed by atoms with Gasteiger partial charge in [0.05, 0.1) is 0 Å². The van der Waals surface area contributed by atoms with Crippen LogP contribution in [-0.4, -0.2) is 23.6 Å². The first-order valence-corrected chi connectivity index (χ1v) is 6.61. The van der Waals surface area contributed by atoms with E-state index in [2.05, 4.69) is 34.3 Å². The minimum atomic E-state index is 0.741. The predicted molar refractivity (Wildman–Crippen MR) is 79.4 cm³/mol. The fraction of sp³-hybridized carbons (Fsp3) is 0.333. The number of nitrogens with zero attached hydrogens (tertiary/aromatic N) is 3. The van der Waals surface area contributed by atoms with Gasteiger partial charge in [0.2, 0.25) is 5.95 Å². The average molecular weight is 256 g/mol. The molecule has 0 spiro atoms. The highest BCUT2D eigenvalue weighted by Gasteiger charge is 2.05. The zero-order valence-corrected chi connectivity index (χ0v) is 11.5. The fourth-order valence-electron chi connectivity index (χ4n) is 1.81. The van der Waals surface area contributed by atoms with Gasteiger partial charge in [-0.1, -0.05) is 37.3 Å². The summed E-state index contributed by atoms with van der Waals surface area (Å²) in [6, 6.07) is 12.2. The molecule has 0 atom stereocenters. The average Bonchev–Trinajstić information content (AvgIpc) is 2.46. The van der Waals surface area contributed by atoms with E-state index in [1.54, 1.807) is 6.20 Å². The number of hydrogen-bond donors (Lipinski definition) is 1. The minimum Gasteiger partial charge on any atom is -0.370 e. The van der Waals surface area contributed by atoms with E-state index in [9.17, 15) is 0 Å². The Hall–Kier alpha value is -2.10. The first-order chi connectivity index (χ1) is 9.29. The molecule has 4 nitrogen and oxygen atoms in total. The summed E-state index contributed by atoms with van der Waals surface area (Å²) >= 11 is 0. The van der Waals surface area contributed by atoms with Crippen molar-refractivity contribution in [2.45, 2.75) is 19.9 Å². The summed E-state index contributed by atoms with van der Waals surface area (Å²) < 4.78 is 0. The Morgan fingerprint density at radius 3 is 2.68 bits per heavy atom. The largest absolute Gasteiger partial charge is 0.370 e. The second-order valence-corrected chi connectivity index (χ2v) is 4.51. The molecule has 19 heavy (non-hydrogen) atoms. The normalized spacial score (nSPS) is 10.2. The van der Waals surface area contributed by atoms with Gasteiger partial charge in [0, 0.05) is 26.3 Å². The Labute approximate surface area is 114 Å². The molecule has 1 aromatic carbocycles. The molecular weight excluding hydrogens is 236 g/mol. The zero-order valence-electron chi connectivity index (χ0n) is 11.5. The number of hydrogen-bond acceptors (Lipinski definition) is 4. The maximum atomic E-state index is 4.51. The number of anilines is 2. The topological polar surface area (TPSA) is 41.1 Å². The van der Waals surface area contributed by atoms with Crippen LogP contribution in [0.5, 0.6) is 0 Å². The first kappa shape index (κ1) is 13.3. The van der Waals surface area contributed by atoms with E-state index >= 15 is 0 Å². The zero-order chi connectivity index (χ0) is 13.5. The molecule has 0 aliphatic carbocycles. The number of benzene rings is 1. The van der Waals surface area contributed by atoms with Gasteiger partial charge >= 0.3 is 0 Å². The summed E-state index contributed by atoms with van der Waals surface area (Å²) in [5.74, 6) is 1.62. The van der Waals surface area contributed by atoms with Crippen LogP contribution in [0, 0.1) is 0 Å². The van der Waals surface area contributed by atoms with Crippen LogP contribution < -0.4 is 10.2 Å². The third-order valence-corrected chi connectivity index (χ3v) is 2.80. The summed E-state index contributed by atoms with van der Waals surface area (Å²) in [5.41, 5.74) is 1.25. The molecule has 0 amide bonds. The second kappa shape index (κ2) is 6.73. The lowest BCUT2D eigenvalue weighted by molar-refractivity contribution is 0.863. The maximum Gasteiger partial charge on any atom is 0.227 e. The lowest BCUT2D eigenvalue weighted by atomic mass is 10.2. The Bertz CT molecular complexity index is 499. The van der Waals surface area contributed by atoms with Gasteiger partial charge < -0.3 is 10.2 Å². The van der Waals surface area contributed by atoms with Crippen molar-refractivity contribution in [3.63, 3.8) is 0 Å². The van der Waals surface area contributed by atoms with Crippen LogP contribution in [0.4, 0.5) is 11.8 Å². The van der Waals surface area contributed by atoms with Crippen molar-refractivity contribution in [2.75, 3.05) is 23.8 Å². The van der Waals surface area contributed by atoms with Crippen molar-refractivity contribution >= 4 is 11.8 Å². The van der Waals surface area contributed by atoms with Crippen molar-refractivity contribution in [2.24, 2.45) is 0 Å². The quantitative estimate of drug-likeness (QED) is 0.862. The molecule has 0 saturated heterocycles. The smallest absolute Gasteiger partial charge is 0.227 e. The van der Waals surface area contributed by atoms with Crippen molar-refractivity contribution in [3.8, 4) is 0 Å². The van der Waals surface area contributed by atoms with Crippen LogP contribution in [0.3, 0.4) is 0 Å². The molecule has 0 saturated carbocycles. The first-order valence-electron chi connectivity index (χ1n) is 6.61. The Balaban J connectivity index is 2.04. The third-order valence-electron chi connectivity index (χ3n) is 2.80. The highest BCUT2D eigenvalue weighted by Crippen LogP contribution is 2.12. The monoisotopic (exact) mass is 256 g/mol. The van der Waals surface area contributed by atoms with E-state index in [0.717, 1.165) is 31.3 Å². The van der Waals surface area contributed by atoms with E-state index in [1.165, 1.54) is 5.56 Å². The summed E-state index contributed by atoms with van der Waals surface area (Å²) in [7, 11) is 2.01. The molecule has 0 fully saturated rings. The van der Waals surface area contributed by atoms with E-state index in [4.69, 9.17) is 0 Å². The van der Waals surface area contributed by atoms with Crippen molar-refractivity contribution < 1.29 is 0 Å². The van der Waals surface area contributed by atoms with Crippen LogP contribution in [0.2, 0.25) is 0 Å². The second-order valence-electron chi connectivity index (χ2n) is 4.51. The highest BCUT2D eigenvalue weighted by molar-refractivity contribution is 5.41. The summed E-state index contributed by atoms with van der Waals surface area (Å²) in [4.78, 5) is 10.9. The maximum absolute atomic E-state index is 4.51. The molecule has 0 aliphatic heterocycles. The number of nitrogens with one attached hydrogen (secondary N) is 1. The van der Waals surface area contributed by atoms with Gasteiger partial charge in [-0.2, -0.15) is 4.98 Å². The van der Waals surface area contributed by atoms with E-state index in [0.29, 0.717) is 0 Å². The molecule has 0 radical (unpaired) electrons. The van der Waals surface area contributed by atoms with E-state index < -0.39 is 0 Å². The summed E-state index contributed by atoms with van der Waals surface area (Å²) in [5, 5.41) is 3.28. The van der Waals surface area contributed by atoms with Gasteiger partial charge in [0.25, 0.3) is 0 Å². The molecule has 100 valence electrons. The minimum absolute atomic E-state index is 0.741. The third kappa shape index (κ3) is 3.95. The van der Waals surface area contributed by atoms with E-state index in [-0.39, 0.29) is 0 Å². The number of rotatable bonds is 6. The standard InChI is InChI=1S/C15H20N4/c1-3-10-16-14-9-11-17-15(18-14)19(2)12-13-7-5-4-6-8-13/h4-9,11H,3,10,12H2,1-2H3,(H,16,17,18). The lowest BCUT2D eigenvalue weighted by Crippen LogP contribution is -2.19. The Kier molecular flexibility index (Phi) is 4.72. The van der Waals surface area contributed by atoms with Crippen molar-refractivity contribution in [3.05, 3.63) is 48.2 Å². The van der Waals surface area contributed by atoms with Gasteiger partial charge in [-0.25, -0.2) is 4.98 Å². The predicted octanol–water partition coefficient (Wildman–Crippen LogP) is 2.93. The molecule has 1 aromatic heterocycles. The van der Waals surface area contributed by atoms with Gasteiger partial charge in [0.1, 0.15) is 5.82 Å². The van der Waals surface area contributed by atoms with Gasteiger partial charge in [-0.05, 0) is 18.1 Å². The van der Waals surface area contributed by atoms with Crippen LogP contribution in [0.1, 0.15) is 18.9 Å². The Morgan fingerprint density at radius 1 is 1.16 bits per heavy atom. The molecule has 1 heterocycles. The molecule has 0 unspecified atom stereocenters. The van der Waals surface area contributed by atoms with Crippen LogP contribution in [0.15, 0.2) is 42.6 Å². The van der Waals surface area contributed by atoms with Crippen molar-refractivity contribution in [1.82, 2.24) is 9.97 Å². The summed E-state index contributed by atoms with van der Waals surface area (Å²) in [6.07, 6.45) is 2.88. The molecular formula is C15H20N4. The SMILES string of the molecule is CCCNc1ccnc(N(C)Cc2ccccc2)n1. The molecule has 0 bridgehead atoms. The fourth-order valence-corrected chi connectivity index (χ4v) is 1.81. The molecule has 2 aromatic rings. The van der Waals surface area contributed by atoms with Crippen LogP contribution in [0.25, 0.3) is 0 Å². The van der Waals surface area contributed by atoms with Crippen molar-refractivity contribution in [1.29, 1.82) is 0 Å². The van der Waals surface area contributed by atoms with Gasteiger partial charge in [-0.3, -0.25) is 0 Å². The molecule has 1 N–H and O–H groups in total. The molecule has 4 heteroatoms. The van der Waals surface area contributed by atoms with Crippen LogP contribution >= 0.6 is 0 Å². The highest BCUT2D eigenvalue weighted by atomic mass is 15.2. The van der Waals surface area contributed by atoms with Crippen LogP contribution in [-0.2, 0) is 6.54 Å². The Morgan fingerprint density at radius 2 is 1.95 bits per heavy atom. The molecule has 2 rings (SSSR count). The van der Waals surface area contributed by atoms with Gasteiger partial charge in [0.15, 0.2) is 0 Å². The number of aromatic nitrogens is 2. The lowest BCUT2D eigenvalue weighted by Gasteiger charge is -2.17. The van der Waals surface area contributed by atoms with Gasteiger partial charge in [-0.15, -0.1) is 0 Å². The van der Waals surface area contributed by atoms with E-state index in [1.807, 2.05) is 36.2 Å². The molecule has 0 aliphatic rings. The summed E-state index contributed by atoms with van der Waals surface area (Å²) in [6.45, 7) is 3.87.